The molecule has 0 saturated carbocycles. The summed E-state index contributed by atoms with van der Waals surface area (Å²) in [6.07, 6.45) is 3.50. The molecule has 6 nitrogen and oxygen atoms in total. The molecular formula is C12H16N2O4. The first-order valence-electron chi connectivity index (χ1n) is 5.84. The van der Waals surface area contributed by atoms with Gasteiger partial charge in [0.2, 0.25) is 0 Å². The molecule has 0 saturated heterocycles. The smallest absolute Gasteiger partial charge is 0.317 e. The second-order valence-electron chi connectivity index (χ2n) is 5.05. The lowest BCUT2D eigenvalue weighted by atomic mass is 9.65. The Kier molecular flexibility index (Phi) is 2.88. The van der Waals surface area contributed by atoms with Gasteiger partial charge in [-0.05, 0) is 19.8 Å². The van der Waals surface area contributed by atoms with Gasteiger partial charge in [-0.15, -0.1) is 0 Å². The predicted molar refractivity (Wildman–Crippen MR) is 64.5 cm³/mol. The largest absolute Gasteiger partial charge is 0.481 e. The molecule has 1 aliphatic carbocycles. The van der Waals surface area contributed by atoms with E-state index < -0.39 is 22.8 Å². The number of allylic oxidation sites excluding steroid dienone is 1. The minimum Gasteiger partial charge on any atom is -0.481 e. The van der Waals surface area contributed by atoms with Crippen LogP contribution in [0.2, 0.25) is 0 Å². The number of nitrogens with zero attached hydrogens (tertiary/aromatic N) is 1. The van der Waals surface area contributed by atoms with Crippen molar-refractivity contribution in [3.05, 3.63) is 12.2 Å². The Balaban J connectivity index is 2.42. The zero-order chi connectivity index (χ0) is 13.4. The van der Waals surface area contributed by atoms with Crippen molar-refractivity contribution in [3.8, 4) is 0 Å². The van der Waals surface area contributed by atoms with Crippen molar-refractivity contribution in [1.29, 1.82) is 0 Å². The van der Waals surface area contributed by atoms with Crippen LogP contribution in [0, 0.1) is 10.8 Å². The molecule has 98 valence electrons. The molecule has 2 aliphatic rings. The molecule has 2 unspecified atom stereocenters. The molecule has 0 amide bonds. The van der Waals surface area contributed by atoms with E-state index in [2.05, 4.69) is 10.3 Å². The highest BCUT2D eigenvalue weighted by Gasteiger charge is 2.52. The number of rotatable bonds is 3. The van der Waals surface area contributed by atoms with Crippen molar-refractivity contribution >= 4 is 17.8 Å². The van der Waals surface area contributed by atoms with E-state index in [1.165, 1.54) is 6.92 Å². The van der Waals surface area contributed by atoms with E-state index >= 15 is 0 Å². The van der Waals surface area contributed by atoms with Gasteiger partial charge in [-0.2, -0.15) is 0 Å². The fraction of sp³-hybridized carbons (Fsp3) is 0.583. The number of hydrogen-bond donors (Lipinski definition) is 3. The molecule has 0 spiro atoms. The molecule has 0 aromatic heterocycles. The Hall–Kier alpha value is -1.85. The number of carboxylic acid groups (broad SMARTS) is 2. The summed E-state index contributed by atoms with van der Waals surface area (Å²) in [5.41, 5.74) is -2.40. The molecule has 1 heterocycles. The topological polar surface area (TPSA) is 99.0 Å². The van der Waals surface area contributed by atoms with Gasteiger partial charge in [-0.25, -0.2) is 0 Å². The highest BCUT2D eigenvalue weighted by molar-refractivity contribution is 6.06. The van der Waals surface area contributed by atoms with Gasteiger partial charge in [-0.3, -0.25) is 14.6 Å². The number of hydrogen-bond acceptors (Lipinski definition) is 4. The van der Waals surface area contributed by atoms with Crippen molar-refractivity contribution < 1.29 is 19.8 Å². The Morgan fingerprint density at radius 3 is 2.61 bits per heavy atom. The maximum Gasteiger partial charge on any atom is 0.317 e. The van der Waals surface area contributed by atoms with Crippen LogP contribution in [0.5, 0.6) is 0 Å². The maximum atomic E-state index is 11.6. The summed E-state index contributed by atoms with van der Waals surface area (Å²) in [6, 6.07) is 0. The lowest BCUT2D eigenvalue weighted by Gasteiger charge is -2.38. The molecule has 1 aliphatic heterocycles. The quantitative estimate of drug-likeness (QED) is 0.635. The Labute approximate surface area is 104 Å². The second kappa shape index (κ2) is 4.12. The normalized spacial score (nSPS) is 34.8. The third-order valence-electron chi connectivity index (χ3n) is 3.65. The van der Waals surface area contributed by atoms with Crippen LogP contribution in [0.15, 0.2) is 17.1 Å². The number of nitrogens with one attached hydrogen (secondary N) is 1. The standard InChI is InChI=1S/C12H16N2O4/c1-11(9(15)16)3-2-4-12(7-11,10(17)18)8-13-5-6-14-8/h2-3H,4-7H2,1H3,(H,13,14)(H,15,16)(H,17,18). The molecule has 0 fully saturated rings. The molecule has 3 N–H and O–H groups in total. The average Bonchev–Trinajstić information content (AvgIpc) is 2.82. The summed E-state index contributed by atoms with van der Waals surface area (Å²) in [5.74, 6) is -1.62. The van der Waals surface area contributed by atoms with Gasteiger partial charge < -0.3 is 15.5 Å². The third kappa shape index (κ3) is 1.77. The third-order valence-corrected chi connectivity index (χ3v) is 3.65. The van der Waals surface area contributed by atoms with Crippen LogP contribution in [0.4, 0.5) is 0 Å². The highest BCUT2D eigenvalue weighted by Crippen LogP contribution is 2.44. The van der Waals surface area contributed by atoms with Gasteiger partial charge in [-0.1, -0.05) is 12.2 Å². The monoisotopic (exact) mass is 252 g/mol. The molecule has 18 heavy (non-hydrogen) atoms. The summed E-state index contributed by atoms with van der Waals surface area (Å²) < 4.78 is 0. The Morgan fingerprint density at radius 1 is 1.39 bits per heavy atom. The zero-order valence-corrected chi connectivity index (χ0v) is 10.1. The summed E-state index contributed by atoms with van der Waals surface area (Å²) in [7, 11) is 0. The molecule has 0 bridgehead atoms. The van der Waals surface area contributed by atoms with Crippen molar-refractivity contribution in [2.45, 2.75) is 19.8 Å². The van der Waals surface area contributed by atoms with Gasteiger partial charge in [0.1, 0.15) is 11.3 Å². The van der Waals surface area contributed by atoms with Crippen molar-refractivity contribution in [3.63, 3.8) is 0 Å². The first-order chi connectivity index (χ1) is 8.41. The van der Waals surface area contributed by atoms with E-state index in [9.17, 15) is 19.8 Å². The van der Waals surface area contributed by atoms with E-state index in [0.717, 1.165) is 0 Å². The van der Waals surface area contributed by atoms with Crippen molar-refractivity contribution in [1.82, 2.24) is 5.32 Å². The van der Waals surface area contributed by atoms with Crippen LogP contribution in [0.1, 0.15) is 19.8 Å². The minimum absolute atomic E-state index is 0.0208. The van der Waals surface area contributed by atoms with Crippen LogP contribution in [-0.2, 0) is 9.59 Å². The highest BCUT2D eigenvalue weighted by atomic mass is 16.4. The van der Waals surface area contributed by atoms with E-state index in [4.69, 9.17) is 0 Å². The number of carboxylic acids is 2. The number of aliphatic carboxylic acids is 2. The Morgan fingerprint density at radius 2 is 2.11 bits per heavy atom. The van der Waals surface area contributed by atoms with Crippen LogP contribution in [-0.4, -0.2) is 41.1 Å². The van der Waals surface area contributed by atoms with Crippen LogP contribution in [0.25, 0.3) is 0 Å². The molecule has 0 aromatic rings. The van der Waals surface area contributed by atoms with Crippen LogP contribution >= 0.6 is 0 Å². The number of aliphatic imine (C=N–C) groups is 1. The molecular weight excluding hydrogens is 236 g/mol. The number of carbonyl (C=O) groups is 2. The molecule has 6 heteroatoms. The molecule has 0 aromatic carbocycles. The van der Waals surface area contributed by atoms with Gasteiger partial charge in [0.15, 0.2) is 0 Å². The van der Waals surface area contributed by atoms with Crippen molar-refractivity contribution in [2.75, 3.05) is 13.1 Å². The summed E-state index contributed by atoms with van der Waals surface area (Å²) >= 11 is 0. The average molecular weight is 252 g/mol. The predicted octanol–water partition coefficient (Wildman–Crippen LogP) is 0.500. The minimum atomic E-state index is -1.24. The van der Waals surface area contributed by atoms with E-state index in [-0.39, 0.29) is 12.8 Å². The summed E-state index contributed by atoms with van der Waals surface area (Å²) in [5, 5.41) is 21.7. The molecule has 2 rings (SSSR count). The van der Waals surface area contributed by atoms with Gasteiger partial charge in [0.05, 0.1) is 12.0 Å². The fourth-order valence-electron chi connectivity index (χ4n) is 2.59. The fourth-order valence-corrected chi connectivity index (χ4v) is 2.59. The zero-order valence-electron chi connectivity index (χ0n) is 10.1. The van der Waals surface area contributed by atoms with Gasteiger partial charge >= 0.3 is 11.9 Å². The summed E-state index contributed by atoms with van der Waals surface area (Å²) in [6.45, 7) is 2.69. The van der Waals surface area contributed by atoms with Crippen LogP contribution < -0.4 is 5.32 Å². The lowest BCUT2D eigenvalue weighted by Crippen LogP contribution is -2.50. The molecule has 0 radical (unpaired) electrons. The van der Waals surface area contributed by atoms with E-state index in [0.29, 0.717) is 18.9 Å². The van der Waals surface area contributed by atoms with E-state index in [1.54, 1.807) is 12.2 Å². The van der Waals surface area contributed by atoms with Crippen LogP contribution in [0.3, 0.4) is 0 Å². The summed E-state index contributed by atoms with van der Waals surface area (Å²) in [4.78, 5) is 27.1. The van der Waals surface area contributed by atoms with E-state index in [1.807, 2.05) is 0 Å². The van der Waals surface area contributed by atoms with Crippen molar-refractivity contribution in [2.24, 2.45) is 15.8 Å². The first-order valence-corrected chi connectivity index (χ1v) is 5.84. The second-order valence-corrected chi connectivity index (χ2v) is 5.05. The lowest BCUT2D eigenvalue weighted by molar-refractivity contribution is -0.151. The maximum absolute atomic E-state index is 11.6. The SMILES string of the molecule is CC1(C(=O)O)C=CCC(C(=O)O)(C2=NCCN2)C1. The first kappa shape index (κ1) is 12.6. The van der Waals surface area contributed by atoms with Gasteiger partial charge in [0.25, 0.3) is 0 Å². The van der Waals surface area contributed by atoms with Gasteiger partial charge in [0, 0.05) is 6.54 Å². The molecule has 2 atom stereocenters. The number of amidine groups is 1. The Bertz CT molecular complexity index is 457.